The van der Waals surface area contributed by atoms with Crippen LogP contribution in [0.5, 0.6) is 5.75 Å². The minimum Gasteiger partial charge on any atom is -0.481 e. The molecule has 3 rings (SSSR count). The standard InChI is InChI=1S/C23H20BrN3O7/c1-3-33-23(31)21-18(12-20(29)27(26-21)17-6-4-5-15(24)11-17)34-13-19(28)25-16-9-7-14(8-10-16)22(30)32-2/h4-12H,3,13H2,1-2H3,(H,25,28). The van der Waals surface area contributed by atoms with Gasteiger partial charge in [0.25, 0.3) is 11.5 Å². The normalized spacial score (nSPS) is 10.3. The van der Waals surface area contributed by atoms with Crippen LogP contribution in [0.3, 0.4) is 0 Å². The van der Waals surface area contributed by atoms with Crippen LogP contribution in [0.15, 0.2) is 63.9 Å². The minimum absolute atomic E-state index is 0.0814. The van der Waals surface area contributed by atoms with E-state index in [-0.39, 0.29) is 18.1 Å². The highest BCUT2D eigenvalue weighted by molar-refractivity contribution is 9.10. The van der Waals surface area contributed by atoms with Gasteiger partial charge in [-0.1, -0.05) is 22.0 Å². The van der Waals surface area contributed by atoms with Crippen molar-refractivity contribution in [1.82, 2.24) is 9.78 Å². The molecule has 0 unspecified atom stereocenters. The van der Waals surface area contributed by atoms with Crippen molar-refractivity contribution in [1.29, 1.82) is 0 Å². The van der Waals surface area contributed by atoms with E-state index in [1.165, 1.54) is 31.4 Å². The van der Waals surface area contributed by atoms with Crippen molar-refractivity contribution in [3.8, 4) is 11.4 Å². The largest absolute Gasteiger partial charge is 0.481 e. The number of amides is 1. The lowest BCUT2D eigenvalue weighted by atomic mass is 10.2. The Morgan fingerprint density at radius 2 is 1.79 bits per heavy atom. The first kappa shape index (κ1) is 24.6. The molecule has 11 heteroatoms. The molecule has 0 bridgehead atoms. The van der Waals surface area contributed by atoms with Crippen molar-refractivity contribution in [2.75, 3.05) is 25.6 Å². The van der Waals surface area contributed by atoms with Gasteiger partial charge in [0.1, 0.15) is 0 Å². The number of ether oxygens (including phenoxy) is 3. The van der Waals surface area contributed by atoms with E-state index in [0.29, 0.717) is 21.4 Å². The van der Waals surface area contributed by atoms with E-state index in [2.05, 4.69) is 31.1 Å². The van der Waals surface area contributed by atoms with Crippen molar-refractivity contribution in [2.24, 2.45) is 0 Å². The van der Waals surface area contributed by atoms with Gasteiger partial charge in [0.05, 0.1) is 31.0 Å². The molecular formula is C23H20BrN3O7. The summed E-state index contributed by atoms with van der Waals surface area (Å²) in [7, 11) is 1.27. The van der Waals surface area contributed by atoms with Gasteiger partial charge in [0.2, 0.25) is 5.69 Å². The number of hydrogen-bond donors (Lipinski definition) is 1. The summed E-state index contributed by atoms with van der Waals surface area (Å²) in [6.45, 7) is 1.20. The Morgan fingerprint density at radius 3 is 2.44 bits per heavy atom. The predicted molar refractivity (Wildman–Crippen MR) is 125 cm³/mol. The third-order valence-corrected chi connectivity index (χ3v) is 4.86. The highest BCUT2D eigenvalue weighted by Crippen LogP contribution is 2.18. The number of anilines is 1. The van der Waals surface area contributed by atoms with Gasteiger partial charge >= 0.3 is 11.9 Å². The van der Waals surface area contributed by atoms with Crippen LogP contribution in [0.25, 0.3) is 5.69 Å². The summed E-state index contributed by atoms with van der Waals surface area (Å²) in [6.07, 6.45) is 0. The molecule has 10 nitrogen and oxygen atoms in total. The van der Waals surface area contributed by atoms with E-state index in [1.807, 2.05) is 0 Å². The molecule has 3 aromatic rings. The quantitative estimate of drug-likeness (QED) is 0.441. The average Bonchev–Trinajstić information content (AvgIpc) is 2.82. The second-order valence-electron chi connectivity index (χ2n) is 6.71. The topological polar surface area (TPSA) is 126 Å². The van der Waals surface area contributed by atoms with Crippen LogP contribution >= 0.6 is 15.9 Å². The SMILES string of the molecule is CCOC(=O)c1nn(-c2cccc(Br)c2)c(=O)cc1OCC(=O)Nc1ccc(C(=O)OC)cc1. The number of nitrogens with zero attached hydrogens (tertiary/aromatic N) is 2. The van der Waals surface area contributed by atoms with Gasteiger partial charge in [-0.05, 0) is 49.4 Å². The molecule has 2 aromatic carbocycles. The first-order chi connectivity index (χ1) is 16.3. The zero-order valence-corrected chi connectivity index (χ0v) is 19.8. The Balaban J connectivity index is 1.79. The number of esters is 2. The molecule has 0 atom stereocenters. The van der Waals surface area contributed by atoms with Crippen LogP contribution in [-0.4, -0.2) is 47.9 Å². The number of rotatable bonds is 8. The van der Waals surface area contributed by atoms with Crippen molar-refractivity contribution < 1.29 is 28.6 Å². The molecule has 0 aliphatic carbocycles. The zero-order valence-electron chi connectivity index (χ0n) is 18.2. The fraction of sp³-hybridized carbons (Fsp3) is 0.174. The second kappa shape index (κ2) is 11.2. The third kappa shape index (κ3) is 6.07. The van der Waals surface area contributed by atoms with E-state index >= 15 is 0 Å². The fourth-order valence-corrected chi connectivity index (χ4v) is 3.22. The molecule has 0 aliphatic heterocycles. The minimum atomic E-state index is -0.806. The molecule has 1 N–H and O–H groups in total. The highest BCUT2D eigenvalue weighted by Gasteiger charge is 2.21. The maximum Gasteiger partial charge on any atom is 0.362 e. The van der Waals surface area contributed by atoms with Crippen molar-refractivity contribution in [3.63, 3.8) is 0 Å². The van der Waals surface area contributed by atoms with E-state index in [4.69, 9.17) is 9.47 Å². The lowest BCUT2D eigenvalue weighted by Crippen LogP contribution is -2.27. The van der Waals surface area contributed by atoms with Crippen LogP contribution in [0.1, 0.15) is 27.8 Å². The monoisotopic (exact) mass is 529 g/mol. The molecule has 1 heterocycles. The molecule has 0 saturated heterocycles. The first-order valence-corrected chi connectivity index (χ1v) is 10.8. The third-order valence-electron chi connectivity index (χ3n) is 4.37. The number of carbonyl (C=O) groups excluding carboxylic acids is 3. The molecule has 0 saturated carbocycles. The van der Waals surface area contributed by atoms with E-state index in [0.717, 1.165) is 10.7 Å². The Morgan fingerprint density at radius 1 is 1.06 bits per heavy atom. The Labute approximate surface area is 202 Å². The first-order valence-electron chi connectivity index (χ1n) is 10.0. The molecule has 1 aromatic heterocycles. The number of carbonyl (C=O) groups is 3. The highest BCUT2D eigenvalue weighted by atomic mass is 79.9. The smallest absolute Gasteiger partial charge is 0.362 e. The van der Waals surface area contributed by atoms with E-state index in [9.17, 15) is 19.2 Å². The van der Waals surface area contributed by atoms with Gasteiger partial charge in [-0.2, -0.15) is 9.78 Å². The lowest BCUT2D eigenvalue weighted by Gasteiger charge is -2.13. The van der Waals surface area contributed by atoms with Gasteiger partial charge in [-0.15, -0.1) is 0 Å². The lowest BCUT2D eigenvalue weighted by molar-refractivity contribution is -0.118. The van der Waals surface area contributed by atoms with Crippen LogP contribution in [0.2, 0.25) is 0 Å². The van der Waals surface area contributed by atoms with Crippen LogP contribution in [-0.2, 0) is 14.3 Å². The molecule has 34 heavy (non-hydrogen) atoms. The summed E-state index contributed by atoms with van der Waals surface area (Å²) in [5.74, 6) is -2.06. The van der Waals surface area contributed by atoms with Crippen LogP contribution in [0, 0.1) is 0 Å². The molecule has 176 valence electrons. The molecule has 0 fully saturated rings. The van der Waals surface area contributed by atoms with Crippen LogP contribution in [0.4, 0.5) is 5.69 Å². The van der Waals surface area contributed by atoms with Gasteiger partial charge in [-0.25, -0.2) is 9.59 Å². The zero-order chi connectivity index (χ0) is 24.7. The van der Waals surface area contributed by atoms with E-state index < -0.39 is 30.0 Å². The fourth-order valence-electron chi connectivity index (χ4n) is 2.83. The summed E-state index contributed by atoms with van der Waals surface area (Å²) in [4.78, 5) is 48.9. The van der Waals surface area contributed by atoms with Gasteiger partial charge in [0, 0.05) is 10.2 Å². The van der Waals surface area contributed by atoms with Gasteiger partial charge < -0.3 is 19.5 Å². The van der Waals surface area contributed by atoms with Gasteiger partial charge in [-0.3, -0.25) is 9.59 Å². The Bertz CT molecular complexity index is 1270. The maximum atomic E-state index is 12.6. The van der Waals surface area contributed by atoms with Crippen LogP contribution < -0.4 is 15.6 Å². The number of aromatic nitrogens is 2. The summed E-state index contributed by atoms with van der Waals surface area (Å²) >= 11 is 3.33. The maximum absolute atomic E-state index is 12.6. The van der Waals surface area contributed by atoms with Crippen molar-refractivity contribution in [2.45, 2.75) is 6.92 Å². The molecule has 0 aliphatic rings. The summed E-state index contributed by atoms with van der Waals surface area (Å²) in [6, 6.07) is 13.9. The van der Waals surface area contributed by atoms with Crippen molar-refractivity contribution in [3.05, 3.63) is 80.7 Å². The number of hydrogen-bond acceptors (Lipinski definition) is 8. The predicted octanol–water partition coefficient (Wildman–Crippen LogP) is 2.98. The number of methoxy groups -OCH3 is 1. The van der Waals surface area contributed by atoms with E-state index in [1.54, 1.807) is 31.2 Å². The molecule has 0 radical (unpaired) electrons. The summed E-state index contributed by atoms with van der Waals surface area (Å²) in [5, 5.41) is 6.69. The molecule has 1 amide bonds. The van der Waals surface area contributed by atoms with Crippen molar-refractivity contribution >= 4 is 39.5 Å². The Kier molecular flexibility index (Phi) is 8.14. The second-order valence-corrected chi connectivity index (χ2v) is 7.63. The molecule has 0 spiro atoms. The molecular weight excluding hydrogens is 510 g/mol. The number of nitrogens with one attached hydrogen (secondary N) is 1. The number of halogens is 1. The summed E-state index contributed by atoms with van der Waals surface area (Å²) in [5.41, 5.74) is 0.337. The Hall–Kier alpha value is -3.99. The summed E-state index contributed by atoms with van der Waals surface area (Å²) < 4.78 is 16.8. The number of benzene rings is 2. The van der Waals surface area contributed by atoms with Gasteiger partial charge in [0.15, 0.2) is 12.4 Å². The average molecular weight is 530 g/mol.